The molecular formula is C16H18N4O. The van der Waals surface area contributed by atoms with Crippen LogP contribution in [0.4, 0.5) is 0 Å². The molecule has 3 rings (SSSR count). The van der Waals surface area contributed by atoms with Crippen molar-refractivity contribution in [3.05, 3.63) is 54.1 Å². The largest absolute Gasteiger partial charge is 0.337 e. The summed E-state index contributed by atoms with van der Waals surface area (Å²) in [5, 5.41) is 4.18. The Bertz CT molecular complexity index is 643. The Morgan fingerprint density at radius 2 is 2.14 bits per heavy atom. The van der Waals surface area contributed by atoms with E-state index in [1.165, 1.54) is 5.56 Å². The number of hydrazone groups is 1. The average Bonchev–Trinajstić information content (AvgIpc) is 2.99. The molecule has 1 aromatic carbocycles. The average molecular weight is 282 g/mol. The van der Waals surface area contributed by atoms with Crippen LogP contribution in [0.5, 0.6) is 0 Å². The van der Waals surface area contributed by atoms with Crippen molar-refractivity contribution in [2.45, 2.75) is 26.3 Å². The van der Waals surface area contributed by atoms with Crippen LogP contribution in [-0.4, -0.2) is 21.2 Å². The zero-order valence-corrected chi connectivity index (χ0v) is 12.0. The summed E-state index contributed by atoms with van der Waals surface area (Å²) in [6, 6.07) is 8.40. The lowest BCUT2D eigenvalue weighted by molar-refractivity contribution is -0.121. The van der Waals surface area contributed by atoms with Gasteiger partial charge in [-0.25, -0.2) is 10.4 Å². The van der Waals surface area contributed by atoms with E-state index >= 15 is 0 Å². The first-order chi connectivity index (χ1) is 10.2. The lowest BCUT2D eigenvalue weighted by Crippen LogP contribution is -2.31. The fourth-order valence-corrected chi connectivity index (χ4v) is 2.52. The van der Waals surface area contributed by atoms with Gasteiger partial charge < -0.3 is 4.57 Å². The summed E-state index contributed by atoms with van der Waals surface area (Å²) in [5.74, 6) is 0.152. The molecule has 1 aliphatic rings. The highest BCUT2D eigenvalue weighted by molar-refractivity contribution is 6.05. The zero-order chi connectivity index (χ0) is 14.7. The molecule has 108 valence electrons. The van der Waals surface area contributed by atoms with E-state index in [-0.39, 0.29) is 11.8 Å². The van der Waals surface area contributed by atoms with Gasteiger partial charge in [0.25, 0.3) is 0 Å². The van der Waals surface area contributed by atoms with E-state index in [2.05, 4.69) is 44.3 Å². The topological polar surface area (TPSA) is 59.3 Å². The molecule has 0 radical (unpaired) electrons. The van der Waals surface area contributed by atoms with Crippen LogP contribution in [0.3, 0.4) is 0 Å². The Morgan fingerprint density at radius 3 is 2.81 bits per heavy atom. The third-order valence-corrected chi connectivity index (χ3v) is 3.73. The Balaban J connectivity index is 1.68. The highest BCUT2D eigenvalue weighted by Crippen LogP contribution is 2.17. The van der Waals surface area contributed by atoms with Crippen LogP contribution in [0, 0.1) is 5.92 Å². The summed E-state index contributed by atoms with van der Waals surface area (Å²) in [5.41, 5.74) is 5.87. The summed E-state index contributed by atoms with van der Waals surface area (Å²) >= 11 is 0. The first-order valence-corrected chi connectivity index (χ1v) is 7.14. The molecule has 1 aliphatic heterocycles. The van der Waals surface area contributed by atoms with E-state index in [1.807, 2.05) is 19.4 Å². The molecule has 1 atom stereocenters. The monoisotopic (exact) mass is 282 g/mol. The summed E-state index contributed by atoms with van der Waals surface area (Å²) in [4.78, 5) is 15.3. The Labute approximate surface area is 123 Å². The van der Waals surface area contributed by atoms with Gasteiger partial charge in [-0.1, -0.05) is 31.2 Å². The van der Waals surface area contributed by atoms with Gasteiger partial charge in [-0.3, -0.25) is 4.79 Å². The Morgan fingerprint density at radius 1 is 1.33 bits per heavy atom. The minimum atomic E-state index is -0.0109. The number of aromatic nitrogens is 2. The van der Waals surface area contributed by atoms with E-state index in [4.69, 9.17) is 0 Å². The van der Waals surface area contributed by atoms with Crippen molar-refractivity contribution in [2.24, 2.45) is 11.0 Å². The second-order valence-electron chi connectivity index (χ2n) is 5.38. The number of amides is 1. The third-order valence-electron chi connectivity index (χ3n) is 3.73. The van der Waals surface area contributed by atoms with Crippen molar-refractivity contribution in [3.8, 4) is 0 Å². The molecule has 0 bridgehead atoms. The third kappa shape index (κ3) is 3.18. The normalized spacial score (nSPS) is 18.2. The number of carbonyl (C=O) groups excluding carboxylic acids is 1. The highest BCUT2D eigenvalue weighted by atomic mass is 16.2. The molecule has 2 aromatic rings. The van der Waals surface area contributed by atoms with Crippen molar-refractivity contribution in [2.75, 3.05) is 0 Å². The van der Waals surface area contributed by atoms with E-state index in [1.54, 1.807) is 6.20 Å². The second-order valence-corrected chi connectivity index (χ2v) is 5.38. The van der Waals surface area contributed by atoms with Crippen LogP contribution in [0.1, 0.15) is 24.5 Å². The smallest absolute Gasteiger partial charge is 0.240 e. The van der Waals surface area contributed by atoms with Gasteiger partial charge in [0.05, 0.1) is 12.0 Å². The van der Waals surface area contributed by atoms with Gasteiger partial charge in [0, 0.05) is 31.3 Å². The molecule has 0 aliphatic carbocycles. The lowest BCUT2D eigenvalue weighted by Gasteiger charge is -2.19. The van der Waals surface area contributed by atoms with Crippen molar-refractivity contribution < 1.29 is 4.79 Å². The van der Waals surface area contributed by atoms with Gasteiger partial charge in [0.2, 0.25) is 5.91 Å². The molecule has 1 unspecified atom stereocenters. The quantitative estimate of drug-likeness (QED) is 0.932. The van der Waals surface area contributed by atoms with Crippen molar-refractivity contribution in [1.82, 2.24) is 15.0 Å². The molecule has 21 heavy (non-hydrogen) atoms. The lowest BCUT2D eigenvalue weighted by atomic mass is 9.93. The summed E-state index contributed by atoms with van der Waals surface area (Å²) < 4.78 is 2.07. The van der Waals surface area contributed by atoms with E-state index < -0.39 is 0 Å². The first kappa shape index (κ1) is 13.5. The van der Waals surface area contributed by atoms with E-state index in [0.717, 1.165) is 24.2 Å². The molecule has 0 fully saturated rings. The Hall–Kier alpha value is -2.43. The standard InChI is InChI=1S/C16H18N4O/c1-12-10-15(21)18-19-16(12)14-4-2-13(3-5-14)6-8-20-9-7-17-11-20/h2-5,7,9,11-12H,6,8,10H2,1H3,(H,18,21). The van der Waals surface area contributed by atoms with Crippen LogP contribution in [0.25, 0.3) is 0 Å². The van der Waals surface area contributed by atoms with Crippen LogP contribution in [0.2, 0.25) is 0 Å². The number of hydrogen-bond acceptors (Lipinski definition) is 3. The molecule has 5 nitrogen and oxygen atoms in total. The van der Waals surface area contributed by atoms with Crippen molar-refractivity contribution in [1.29, 1.82) is 0 Å². The fourth-order valence-electron chi connectivity index (χ4n) is 2.52. The minimum Gasteiger partial charge on any atom is -0.337 e. The van der Waals surface area contributed by atoms with Crippen LogP contribution in [-0.2, 0) is 17.8 Å². The van der Waals surface area contributed by atoms with Crippen molar-refractivity contribution in [3.63, 3.8) is 0 Å². The maximum atomic E-state index is 11.3. The molecular weight excluding hydrogens is 264 g/mol. The molecule has 5 heteroatoms. The number of aryl methyl sites for hydroxylation is 2. The molecule has 0 saturated heterocycles. The number of rotatable bonds is 4. The SMILES string of the molecule is CC1CC(=O)NN=C1c1ccc(CCn2ccnc2)cc1. The maximum absolute atomic E-state index is 11.3. The number of nitrogens with zero attached hydrogens (tertiary/aromatic N) is 3. The van der Waals surface area contributed by atoms with Gasteiger partial charge >= 0.3 is 0 Å². The van der Waals surface area contributed by atoms with Gasteiger partial charge in [-0.05, 0) is 17.5 Å². The first-order valence-electron chi connectivity index (χ1n) is 7.14. The van der Waals surface area contributed by atoms with Crippen LogP contribution in [0.15, 0.2) is 48.1 Å². The second kappa shape index (κ2) is 5.91. The molecule has 0 spiro atoms. The number of hydrogen-bond donors (Lipinski definition) is 1. The van der Waals surface area contributed by atoms with Gasteiger partial charge in [-0.15, -0.1) is 0 Å². The molecule has 1 amide bonds. The van der Waals surface area contributed by atoms with Crippen molar-refractivity contribution >= 4 is 11.6 Å². The predicted molar refractivity (Wildman–Crippen MR) is 80.8 cm³/mol. The van der Waals surface area contributed by atoms with Gasteiger partial charge in [0.1, 0.15) is 0 Å². The summed E-state index contributed by atoms with van der Waals surface area (Å²) in [7, 11) is 0. The van der Waals surface area contributed by atoms with E-state index in [9.17, 15) is 4.79 Å². The van der Waals surface area contributed by atoms with E-state index in [0.29, 0.717) is 6.42 Å². The van der Waals surface area contributed by atoms with Crippen LogP contribution >= 0.6 is 0 Å². The van der Waals surface area contributed by atoms with Gasteiger partial charge in [0.15, 0.2) is 0 Å². The Kier molecular flexibility index (Phi) is 3.81. The van der Waals surface area contributed by atoms with Gasteiger partial charge in [-0.2, -0.15) is 5.10 Å². The zero-order valence-electron chi connectivity index (χ0n) is 12.0. The highest BCUT2D eigenvalue weighted by Gasteiger charge is 2.21. The summed E-state index contributed by atoms with van der Waals surface area (Å²) in [6.07, 6.45) is 7.06. The molecule has 1 aromatic heterocycles. The number of benzene rings is 1. The molecule has 1 N–H and O–H groups in total. The number of carbonyl (C=O) groups is 1. The number of imidazole rings is 1. The summed E-state index contributed by atoms with van der Waals surface area (Å²) in [6.45, 7) is 2.96. The predicted octanol–water partition coefficient (Wildman–Crippen LogP) is 1.99. The molecule has 2 heterocycles. The number of nitrogens with one attached hydrogen (secondary N) is 1. The minimum absolute atomic E-state index is 0.0109. The maximum Gasteiger partial charge on any atom is 0.240 e. The van der Waals surface area contributed by atoms with Crippen LogP contribution < -0.4 is 5.43 Å². The fraction of sp³-hybridized carbons (Fsp3) is 0.312. The molecule has 0 saturated carbocycles.